The zero-order valence-corrected chi connectivity index (χ0v) is 10.8. The third kappa shape index (κ3) is 2.74. The molecule has 0 aliphatic carbocycles. The number of nitrogens with zero attached hydrogens (tertiary/aromatic N) is 1. The van der Waals surface area contributed by atoms with Crippen molar-refractivity contribution in [1.82, 2.24) is 15.5 Å². The van der Waals surface area contributed by atoms with Gasteiger partial charge in [0, 0.05) is 11.8 Å². The smallest absolute Gasteiger partial charge is 0.274 e. The van der Waals surface area contributed by atoms with Gasteiger partial charge in [-0.15, -0.1) is 0 Å². The first-order valence-corrected chi connectivity index (χ1v) is 7.09. The predicted octanol–water partition coefficient (Wildman–Crippen LogP) is 1.18. The molecular weight excluding hydrogens is 236 g/mol. The van der Waals surface area contributed by atoms with E-state index in [-0.39, 0.29) is 11.9 Å². The van der Waals surface area contributed by atoms with Crippen LogP contribution in [0, 0.1) is 0 Å². The van der Waals surface area contributed by atoms with E-state index in [1.54, 1.807) is 0 Å². The van der Waals surface area contributed by atoms with Gasteiger partial charge in [0.2, 0.25) is 0 Å². The average molecular weight is 254 g/mol. The molecular formula is C11H18N4OS. The van der Waals surface area contributed by atoms with E-state index in [0.717, 1.165) is 30.7 Å². The lowest BCUT2D eigenvalue weighted by Gasteiger charge is -2.21. The average Bonchev–Trinajstić information content (AvgIpc) is 2.71. The van der Waals surface area contributed by atoms with Crippen LogP contribution < -0.4 is 11.1 Å². The number of carbonyl (C=O) groups excluding carboxylic acids is 1. The normalized spacial score (nSPS) is 20.2. The number of amides is 1. The fourth-order valence-electron chi connectivity index (χ4n) is 1.94. The van der Waals surface area contributed by atoms with Crippen LogP contribution in [0.25, 0.3) is 0 Å². The molecule has 1 unspecified atom stereocenters. The maximum Gasteiger partial charge on any atom is 0.274 e. The van der Waals surface area contributed by atoms with Gasteiger partial charge in [-0.05, 0) is 25.0 Å². The van der Waals surface area contributed by atoms with Crippen LogP contribution in [0.1, 0.15) is 35.9 Å². The van der Waals surface area contributed by atoms with Crippen molar-refractivity contribution in [3.05, 3.63) is 11.4 Å². The van der Waals surface area contributed by atoms with Gasteiger partial charge < -0.3 is 11.1 Å². The number of anilines is 1. The summed E-state index contributed by atoms with van der Waals surface area (Å²) >= 11 is 1.88. The van der Waals surface area contributed by atoms with Crippen LogP contribution >= 0.6 is 11.8 Å². The summed E-state index contributed by atoms with van der Waals surface area (Å²) in [6.07, 6.45) is 2.96. The molecule has 2 rings (SSSR count). The molecule has 1 aromatic heterocycles. The van der Waals surface area contributed by atoms with E-state index < -0.39 is 0 Å². The summed E-state index contributed by atoms with van der Waals surface area (Å²) in [7, 11) is 0. The van der Waals surface area contributed by atoms with Crippen LogP contribution in [0.3, 0.4) is 0 Å². The predicted molar refractivity (Wildman–Crippen MR) is 70.2 cm³/mol. The molecule has 1 amide bonds. The van der Waals surface area contributed by atoms with E-state index in [9.17, 15) is 4.79 Å². The lowest BCUT2D eigenvalue weighted by molar-refractivity contribution is 0.0934. The van der Waals surface area contributed by atoms with Gasteiger partial charge in [-0.25, -0.2) is 0 Å². The van der Waals surface area contributed by atoms with Crippen molar-refractivity contribution in [2.24, 2.45) is 0 Å². The summed E-state index contributed by atoms with van der Waals surface area (Å²) in [5.41, 5.74) is 7.50. The van der Waals surface area contributed by atoms with Gasteiger partial charge in [-0.3, -0.25) is 9.89 Å². The number of nitrogen functional groups attached to an aromatic ring is 1. The SMILES string of the molecule is CCc1[nH]nc(C(=O)NC2CCCSC2)c1N. The Labute approximate surface area is 105 Å². The Morgan fingerprint density at radius 3 is 3.12 bits per heavy atom. The Hall–Kier alpha value is -1.17. The van der Waals surface area contributed by atoms with Crippen molar-refractivity contribution in [3.8, 4) is 0 Å². The minimum Gasteiger partial charge on any atom is -0.395 e. The Bertz CT molecular complexity index is 398. The van der Waals surface area contributed by atoms with Crippen molar-refractivity contribution >= 4 is 23.4 Å². The Balaban J connectivity index is 2.01. The summed E-state index contributed by atoms with van der Waals surface area (Å²) in [5, 5.41) is 9.78. The fraction of sp³-hybridized carbons (Fsp3) is 0.636. The molecule has 0 spiro atoms. The second kappa shape index (κ2) is 5.44. The Morgan fingerprint density at radius 2 is 2.53 bits per heavy atom. The zero-order chi connectivity index (χ0) is 12.3. The molecule has 1 atom stereocenters. The quantitative estimate of drug-likeness (QED) is 0.756. The van der Waals surface area contributed by atoms with Crippen LogP contribution in [0.2, 0.25) is 0 Å². The van der Waals surface area contributed by atoms with Gasteiger partial charge in [0.1, 0.15) is 0 Å². The van der Waals surface area contributed by atoms with E-state index in [1.807, 2.05) is 18.7 Å². The maximum absolute atomic E-state index is 12.0. The van der Waals surface area contributed by atoms with E-state index in [4.69, 9.17) is 5.73 Å². The highest BCUT2D eigenvalue weighted by molar-refractivity contribution is 7.99. The van der Waals surface area contributed by atoms with Crippen molar-refractivity contribution < 1.29 is 4.79 Å². The minimum atomic E-state index is -0.161. The van der Waals surface area contributed by atoms with Crippen LogP contribution in [0.15, 0.2) is 0 Å². The summed E-state index contributed by atoms with van der Waals surface area (Å²) < 4.78 is 0. The number of H-pyrrole nitrogens is 1. The third-order valence-corrected chi connectivity index (χ3v) is 4.16. The lowest BCUT2D eigenvalue weighted by atomic mass is 10.1. The van der Waals surface area contributed by atoms with Gasteiger partial charge in [0.25, 0.3) is 5.91 Å². The highest BCUT2D eigenvalue weighted by atomic mass is 32.2. The molecule has 1 aromatic rings. The van der Waals surface area contributed by atoms with E-state index in [0.29, 0.717) is 11.4 Å². The van der Waals surface area contributed by atoms with Gasteiger partial charge in [-0.2, -0.15) is 16.9 Å². The van der Waals surface area contributed by atoms with Crippen molar-refractivity contribution in [2.45, 2.75) is 32.2 Å². The van der Waals surface area contributed by atoms with Gasteiger partial charge in [-0.1, -0.05) is 6.92 Å². The number of nitrogens with one attached hydrogen (secondary N) is 2. The van der Waals surface area contributed by atoms with Crippen molar-refractivity contribution in [1.29, 1.82) is 0 Å². The Kier molecular flexibility index (Phi) is 3.93. The first kappa shape index (κ1) is 12.3. The van der Waals surface area contributed by atoms with Gasteiger partial charge >= 0.3 is 0 Å². The molecule has 0 saturated carbocycles. The molecule has 6 heteroatoms. The van der Waals surface area contributed by atoms with Gasteiger partial charge in [0.05, 0.1) is 11.4 Å². The van der Waals surface area contributed by atoms with E-state index in [1.165, 1.54) is 5.75 Å². The number of aromatic amines is 1. The number of aryl methyl sites for hydroxylation is 1. The second-order valence-corrected chi connectivity index (χ2v) is 5.36. The number of hydrogen-bond acceptors (Lipinski definition) is 4. The largest absolute Gasteiger partial charge is 0.395 e. The van der Waals surface area contributed by atoms with E-state index >= 15 is 0 Å². The maximum atomic E-state index is 12.0. The second-order valence-electron chi connectivity index (χ2n) is 4.21. The summed E-state index contributed by atoms with van der Waals surface area (Å²) in [5.74, 6) is 2.01. The van der Waals surface area contributed by atoms with E-state index in [2.05, 4.69) is 15.5 Å². The van der Waals surface area contributed by atoms with Gasteiger partial charge in [0.15, 0.2) is 5.69 Å². The molecule has 0 bridgehead atoms. The number of rotatable bonds is 3. The number of carbonyl (C=O) groups is 1. The highest BCUT2D eigenvalue weighted by Crippen LogP contribution is 2.19. The molecule has 1 aliphatic rings. The molecule has 1 fully saturated rings. The number of hydrogen-bond donors (Lipinski definition) is 3. The highest BCUT2D eigenvalue weighted by Gasteiger charge is 2.21. The molecule has 5 nitrogen and oxygen atoms in total. The van der Waals surface area contributed by atoms with Crippen molar-refractivity contribution in [2.75, 3.05) is 17.2 Å². The minimum absolute atomic E-state index is 0.161. The number of thioether (sulfide) groups is 1. The third-order valence-electron chi connectivity index (χ3n) is 2.95. The Morgan fingerprint density at radius 1 is 1.71 bits per heavy atom. The molecule has 1 saturated heterocycles. The van der Waals surface area contributed by atoms with Crippen molar-refractivity contribution in [3.63, 3.8) is 0 Å². The summed E-state index contributed by atoms with van der Waals surface area (Å²) in [6.45, 7) is 1.98. The monoisotopic (exact) mass is 254 g/mol. The zero-order valence-electron chi connectivity index (χ0n) is 9.95. The topological polar surface area (TPSA) is 83.8 Å². The van der Waals surface area contributed by atoms with Crippen LogP contribution in [-0.4, -0.2) is 33.7 Å². The molecule has 94 valence electrons. The number of aromatic nitrogens is 2. The van der Waals surface area contributed by atoms with Crippen LogP contribution in [-0.2, 0) is 6.42 Å². The summed E-state index contributed by atoms with van der Waals surface area (Å²) in [6, 6.07) is 0.252. The van der Waals surface area contributed by atoms with Crippen LogP contribution in [0.4, 0.5) is 5.69 Å². The molecule has 2 heterocycles. The first-order chi connectivity index (χ1) is 8.22. The van der Waals surface area contributed by atoms with Crippen LogP contribution in [0.5, 0.6) is 0 Å². The molecule has 0 radical (unpaired) electrons. The number of nitrogens with two attached hydrogens (primary N) is 1. The fourth-order valence-corrected chi connectivity index (χ4v) is 3.01. The first-order valence-electron chi connectivity index (χ1n) is 5.93. The standard InChI is InChI=1S/C11H18N4OS/c1-2-8-9(12)10(15-14-8)11(16)13-7-4-3-5-17-6-7/h7H,2-6,12H2,1H3,(H,13,16)(H,14,15). The molecule has 1 aliphatic heterocycles. The summed E-state index contributed by atoms with van der Waals surface area (Å²) in [4.78, 5) is 12.0. The molecule has 4 N–H and O–H groups in total. The molecule has 0 aromatic carbocycles. The lowest BCUT2D eigenvalue weighted by Crippen LogP contribution is -2.38. The molecule has 17 heavy (non-hydrogen) atoms.